The molecule has 1 aromatic rings. The van der Waals surface area contributed by atoms with Crippen molar-refractivity contribution in [3.8, 4) is 5.75 Å². The maximum Gasteiger partial charge on any atom is 0.313 e. The van der Waals surface area contributed by atoms with E-state index in [0.717, 1.165) is 19.3 Å². The summed E-state index contributed by atoms with van der Waals surface area (Å²) in [5, 5.41) is 2.96. The third-order valence-corrected chi connectivity index (χ3v) is 3.96. The molecule has 0 spiro atoms. The number of nitrogens with one attached hydrogen (secondary N) is 1. The van der Waals surface area contributed by atoms with Gasteiger partial charge in [0.15, 0.2) is 0 Å². The number of anilines is 1. The minimum absolute atomic E-state index is 0.108. The third-order valence-electron chi connectivity index (χ3n) is 3.67. The number of benzene rings is 1. The first-order valence-electron chi connectivity index (χ1n) is 6.98. The molecule has 1 heterocycles. The van der Waals surface area contributed by atoms with E-state index in [1.54, 1.807) is 23.1 Å². The molecule has 1 unspecified atom stereocenters. The van der Waals surface area contributed by atoms with E-state index in [4.69, 9.17) is 16.3 Å². The van der Waals surface area contributed by atoms with Gasteiger partial charge in [0.25, 0.3) is 0 Å². The van der Waals surface area contributed by atoms with Crippen molar-refractivity contribution in [1.29, 1.82) is 0 Å². The SMILES string of the molecule is COc1ccc(NC(=O)C(=O)N2CCCCC2C)cc1Cl. The number of carbonyl (C=O) groups is 2. The first kappa shape index (κ1) is 15.6. The maximum atomic E-state index is 12.2. The van der Waals surface area contributed by atoms with Crippen LogP contribution in [0.1, 0.15) is 26.2 Å². The summed E-state index contributed by atoms with van der Waals surface area (Å²) in [6, 6.07) is 4.96. The van der Waals surface area contributed by atoms with Gasteiger partial charge in [0.05, 0.1) is 12.1 Å². The van der Waals surface area contributed by atoms with Crippen molar-refractivity contribution < 1.29 is 14.3 Å². The molecule has 21 heavy (non-hydrogen) atoms. The van der Waals surface area contributed by atoms with Crippen LogP contribution in [0.25, 0.3) is 0 Å². The predicted octanol–water partition coefficient (Wildman–Crippen LogP) is 2.69. The zero-order chi connectivity index (χ0) is 15.4. The van der Waals surface area contributed by atoms with Crippen molar-refractivity contribution in [3.05, 3.63) is 23.2 Å². The van der Waals surface area contributed by atoms with Gasteiger partial charge in [0, 0.05) is 18.3 Å². The summed E-state index contributed by atoms with van der Waals surface area (Å²) >= 11 is 5.99. The second-order valence-corrected chi connectivity index (χ2v) is 5.55. The molecule has 1 saturated heterocycles. The molecule has 1 atom stereocenters. The molecule has 0 radical (unpaired) electrons. The molecule has 1 aliphatic heterocycles. The molecule has 0 aliphatic carbocycles. The molecule has 1 aromatic carbocycles. The Hall–Kier alpha value is -1.75. The number of hydrogen-bond donors (Lipinski definition) is 1. The number of piperidine rings is 1. The molecule has 1 aliphatic rings. The molecule has 2 rings (SSSR count). The van der Waals surface area contributed by atoms with Crippen LogP contribution in [-0.2, 0) is 9.59 Å². The zero-order valence-corrected chi connectivity index (χ0v) is 12.9. The maximum absolute atomic E-state index is 12.2. The quantitative estimate of drug-likeness (QED) is 0.854. The monoisotopic (exact) mass is 310 g/mol. The molecule has 1 N–H and O–H groups in total. The second kappa shape index (κ2) is 6.80. The Bertz CT molecular complexity index is 548. The summed E-state index contributed by atoms with van der Waals surface area (Å²) in [5.74, 6) is -0.607. The lowest BCUT2D eigenvalue weighted by Gasteiger charge is -2.32. The van der Waals surface area contributed by atoms with E-state index in [9.17, 15) is 9.59 Å². The van der Waals surface area contributed by atoms with E-state index in [2.05, 4.69) is 5.32 Å². The van der Waals surface area contributed by atoms with Crippen molar-refractivity contribution in [2.75, 3.05) is 19.0 Å². The lowest BCUT2D eigenvalue weighted by atomic mass is 10.0. The van der Waals surface area contributed by atoms with Gasteiger partial charge in [-0.05, 0) is 44.4 Å². The van der Waals surface area contributed by atoms with Gasteiger partial charge in [-0.15, -0.1) is 0 Å². The van der Waals surface area contributed by atoms with Gasteiger partial charge in [-0.1, -0.05) is 11.6 Å². The molecule has 0 saturated carbocycles. The number of nitrogens with zero attached hydrogens (tertiary/aromatic N) is 1. The highest BCUT2D eigenvalue weighted by molar-refractivity contribution is 6.40. The summed E-state index contributed by atoms with van der Waals surface area (Å²) < 4.78 is 5.04. The third kappa shape index (κ3) is 3.67. The van der Waals surface area contributed by atoms with Crippen LogP contribution in [-0.4, -0.2) is 36.4 Å². The van der Waals surface area contributed by atoms with Gasteiger partial charge < -0.3 is 15.0 Å². The summed E-state index contributed by atoms with van der Waals surface area (Å²) in [6.45, 7) is 2.60. The fraction of sp³-hybridized carbons (Fsp3) is 0.467. The number of halogens is 1. The van der Waals surface area contributed by atoms with Crippen molar-refractivity contribution >= 4 is 29.1 Å². The topological polar surface area (TPSA) is 58.6 Å². The van der Waals surface area contributed by atoms with E-state index in [1.807, 2.05) is 6.92 Å². The highest BCUT2D eigenvalue weighted by Crippen LogP contribution is 2.27. The zero-order valence-electron chi connectivity index (χ0n) is 12.2. The molecule has 5 nitrogen and oxygen atoms in total. The van der Waals surface area contributed by atoms with Crippen LogP contribution in [0.2, 0.25) is 5.02 Å². The number of amides is 2. The Morgan fingerprint density at radius 1 is 1.38 bits per heavy atom. The number of rotatable bonds is 2. The summed E-state index contributed by atoms with van der Waals surface area (Å²) in [7, 11) is 1.51. The lowest BCUT2D eigenvalue weighted by Crippen LogP contribution is -2.47. The van der Waals surface area contributed by atoms with E-state index in [-0.39, 0.29) is 6.04 Å². The standard InChI is InChI=1S/C15H19ClN2O3/c1-10-5-3-4-8-18(10)15(20)14(19)17-11-6-7-13(21-2)12(16)9-11/h6-7,9-10H,3-5,8H2,1-2H3,(H,17,19). The number of likely N-dealkylation sites (tertiary alicyclic amines) is 1. The molecular formula is C15H19ClN2O3. The van der Waals surface area contributed by atoms with Gasteiger partial charge in [-0.3, -0.25) is 9.59 Å². The van der Waals surface area contributed by atoms with Gasteiger partial charge in [-0.2, -0.15) is 0 Å². The van der Waals surface area contributed by atoms with Gasteiger partial charge in [-0.25, -0.2) is 0 Å². The smallest absolute Gasteiger partial charge is 0.313 e. The predicted molar refractivity (Wildman–Crippen MR) is 81.7 cm³/mol. The van der Waals surface area contributed by atoms with Crippen LogP contribution in [0.15, 0.2) is 18.2 Å². The van der Waals surface area contributed by atoms with Gasteiger partial charge >= 0.3 is 11.8 Å². The normalized spacial score (nSPS) is 18.2. The molecule has 6 heteroatoms. The van der Waals surface area contributed by atoms with Crippen molar-refractivity contribution in [1.82, 2.24) is 4.90 Å². The van der Waals surface area contributed by atoms with Crippen molar-refractivity contribution in [3.63, 3.8) is 0 Å². The molecule has 114 valence electrons. The number of hydrogen-bond acceptors (Lipinski definition) is 3. The largest absolute Gasteiger partial charge is 0.495 e. The average molecular weight is 311 g/mol. The molecular weight excluding hydrogens is 292 g/mol. The van der Waals surface area contributed by atoms with Crippen LogP contribution >= 0.6 is 11.6 Å². The molecule has 1 fully saturated rings. The van der Waals surface area contributed by atoms with Crippen LogP contribution in [0.4, 0.5) is 5.69 Å². The van der Waals surface area contributed by atoms with Gasteiger partial charge in [0.1, 0.15) is 5.75 Å². The van der Waals surface area contributed by atoms with Crippen molar-refractivity contribution in [2.45, 2.75) is 32.2 Å². The Morgan fingerprint density at radius 3 is 2.76 bits per heavy atom. The first-order valence-corrected chi connectivity index (χ1v) is 7.36. The van der Waals surface area contributed by atoms with Crippen LogP contribution in [0.3, 0.4) is 0 Å². The molecule has 2 amide bonds. The molecule has 0 aromatic heterocycles. The van der Waals surface area contributed by atoms with E-state index < -0.39 is 11.8 Å². The minimum Gasteiger partial charge on any atom is -0.495 e. The Balaban J connectivity index is 2.03. The average Bonchev–Trinajstić information content (AvgIpc) is 2.47. The molecule has 0 bridgehead atoms. The number of carbonyl (C=O) groups excluding carboxylic acids is 2. The number of ether oxygens (including phenoxy) is 1. The summed E-state index contributed by atoms with van der Waals surface area (Å²) in [4.78, 5) is 25.9. The van der Waals surface area contributed by atoms with E-state index in [0.29, 0.717) is 23.0 Å². The summed E-state index contributed by atoms with van der Waals surface area (Å²) in [6.07, 6.45) is 2.98. The van der Waals surface area contributed by atoms with Gasteiger partial charge in [0.2, 0.25) is 0 Å². The second-order valence-electron chi connectivity index (χ2n) is 5.15. The minimum atomic E-state index is -0.634. The fourth-order valence-corrected chi connectivity index (χ4v) is 2.72. The van der Waals surface area contributed by atoms with Crippen LogP contribution in [0.5, 0.6) is 5.75 Å². The Kier molecular flexibility index (Phi) is 5.07. The highest BCUT2D eigenvalue weighted by Gasteiger charge is 2.28. The number of methoxy groups -OCH3 is 1. The Labute approximate surface area is 129 Å². The summed E-state index contributed by atoms with van der Waals surface area (Å²) in [5.41, 5.74) is 0.476. The fourth-order valence-electron chi connectivity index (χ4n) is 2.46. The van der Waals surface area contributed by atoms with Crippen LogP contribution < -0.4 is 10.1 Å². The van der Waals surface area contributed by atoms with E-state index >= 15 is 0 Å². The first-order chi connectivity index (χ1) is 10.0. The Morgan fingerprint density at radius 2 is 2.14 bits per heavy atom. The lowest BCUT2D eigenvalue weighted by molar-refractivity contribution is -0.145. The highest BCUT2D eigenvalue weighted by atomic mass is 35.5. The van der Waals surface area contributed by atoms with Crippen molar-refractivity contribution in [2.24, 2.45) is 0 Å². The van der Waals surface area contributed by atoms with E-state index in [1.165, 1.54) is 7.11 Å². The van der Waals surface area contributed by atoms with Crippen LogP contribution in [0, 0.1) is 0 Å².